The van der Waals surface area contributed by atoms with Crippen LogP contribution in [0.25, 0.3) is 0 Å². The Bertz CT molecular complexity index is 448. The molecule has 0 spiro atoms. The monoisotopic (exact) mass is 280 g/mol. The van der Waals surface area contributed by atoms with Crippen molar-refractivity contribution in [3.63, 3.8) is 0 Å². The molecule has 0 saturated heterocycles. The van der Waals surface area contributed by atoms with Crippen molar-refractivity contribution >= 4 is 5.97 Å². The molecule has 1 aromatic heterocycles. The Balaban J connectivity index is 3.24. The lowest BCUT2D eigenvalue weighted by Gasteiger charge is -2.28. The number of rotatable bonds is 7. The van der Waals surface area contributed by atoms with E-state index in [0.717, 1.165) is 12.8 Å². The molecule has 112 valence electrons. The minimum absolute atomic E-state index is 0.343. The van der Waals surface area contributed by atoms with E-state index >= 15 is 0 Å². The molecule has 0 N–H and O–H groups in total. The van der Waals surface area contributed by atoms with Gasteiger partial charge in [0.25, 0.3) is 0 Å². The van der Waals surface area contributed by atoms with Crippen molar-refractivity contribution in [2.75, 3.05) is 13.7 Å². The zero-order valence-electron chi connectivity index (χ0n) is 13.0. The largest absolute Gasteiger partial charge is 0.462 e. The van der Waals surface area contributed by atoms with Crippen molar-refractivity contribution < 1.29 is 14.3 Å². The van der Waals surface area contributed by atoms with Gasteiger partial charge in [0.05, 0.1) is 17.9 Å². The van der Waals surface area contributed by atoms with Crippen LogP contribution in [0.15, 0.2) is 6.20 Å². The van der Waals surface area contributed by atoms with Crippen molar-refractivity contribution in [2.45, 2.75) is 52.6 Å². The number of aromatic nitrogens is 2. The number of esters is 1. The Kier molecular flexibility index (Phi) is 6.07. The first-order valence-corrected chi connectivity index (χ1v) is 7.17. The molecular weight excluding hydrogens is 256 g/mol. The highest BCUT2D eigenvalue weighted by atomic mass is 16.5. The third kappa shape index (κ3) is 3.15. The third-order valence-corrected chi connectivity index (χ3v) is 3.64. The number of hydrogen-bond acceptors (Lipinski definition) is 5. The summed E-state index contributed by atoms with van der Waals surface area (Å²) in [6.07, 6.45) is 3.76. The molecule has 0 aliphatic carbocycles. The first-order valence-electron chi connectivity index (χ1n) is 7.17. The normalized spacial score (nSPS) is 11.4. The zero-order valence-corrected chi connectivity index (χ0v) is 13.0. The lowest BCUT2D eigenvalue weighted by Crippen LogP contribution is -2.30. The summed E-state index contributed by atoms with van der Waals surface area (Å²) in [6.45, 7) is 8.17. The van der Waals surface area contributed by atoms with Gasteiger partial charge in [0.1, 0.15) is 5.60 Å². The molecule has 0 fully saturated rings. The number of carbonyl (C=O) groups excluding carboxylic acids is 1. The minimum atomic E-state index is -0.489. The van der Waals surface area contributed by atoms with Gasteiger partial charge < -0.3 is 9.47 Å². The maximum absolute atomic E-state index is 11.9. The first-order chi connectivity index (χ1) is 9.58. The summed E-state index contributed by atoms with van der Waals surface area (Å²) in [5, 5.41) is 0. The number of aryl methyl sites for hydroxylation is 1. The average Bonchev–Trinajstić information content (AvgIpc) is 2.49. The van der Waals surface area contributed by atoms with Gasteiger partial charge in [0, 0.05) is 13.3 Å². The van der Waals surface area contributed by atoms with Gasteiger partial charge in [-0.2, -0.15) is 0 Å². The van der Waals surface area contributed by atoms with Crippen LogP contribution in [-0.4, -0.2) is 29.7 Å². The van der Waals surface area contributed by atoms with Crippen LogP contribution in [0, 0.1) is 0 Å². The molecule has 0 amide bonds. The molecule has 1 aromatic rings. The van der Waals surface area contributed by atoms with E-state index in [1.54, 1.807) is 20.2 Å². The van der Waals surface area contributed by atoms with Gasteiger partial charge >= 0.3 is 5.97 Å². The van der Waals surface area contributed by atoms with Gasteiger partial charge in [0.15, 0.2) is 5.82 Å². The van der Waals surface area contributed by atoms with E-state index in [-0.39, 0.29) is 5.97 Å². The molecule has 0 atom stereocenters. The highest BCUT2D eigenvalue weighted by molar-refractivity contribution is 5.90. The van der Waals surface area contributed by atoms with Crippen LogP contribution in [0.5, 0.6) is 0 Å². The van der Waals surface area contributed by atoms with Gasteiger partial charge in [-0.3, -0.25) is 0 Å². The molecule has 0 saturated carbocycles. The summed E-state index contributed by atoms with van der Waals surface area (Å²) < 4.78 is 10.7. The van der Waals surface area contributed by atoms with E-state index in [2.05, 4.69) is 9.97 Å². The van der Waals surface area contributed by atoms with Crippen LogP contribution in [-0.2, 0) is 21.5 Å². The first kappa shape index (κ1) is 16.6. The standard InChI is InChI=1S/C15H24N2O3/c1-6-12-11(13(18)20-9-4)10-16-14(17-12)15(7-2,8-3)19-5/h10H,6-9H2,1-5H3. The van der Waals surface area contributed by atoms with Crippen LogP contribution in [0.1, 0.15) is 62.4 Å². The Morgan fingerprint density at radius 2 is 1.90 bits per heavy atom. The lowest BCUT2D eigenvalue weighted by atomic mass is 9.95. The molecule has 0 aliphatic rings. The molecule has 0 unspecified atom stereocenters. The zero-order chi connectivity index (χ0) is 15.2. The molecule has 0 aliphatic heterocycles. The van der Waals surface area contributed by atoms with E-state index in [4.69, 9.17) is 9.47 Å². The highest BCUT2D eigenvalue weighted by Gasteiger charge is 2.32. The smallest absolute Gasteiger partial charge is 0.341 e. The van der Waals surface area contributed by atoms with Gasteiger partial charge in [0.2, 0.25) is 0 Å². The summed E-state index contributed by atoms with van der Waals surface area (Å²) in [7, 11) is 1.67. The molecule has 0 bridgehead atoms. The van der Waals surface area contributed by atoms with Crippen LogP contribution >= 0.6 is 0 Å². The van der Waals surface area contributed by atoms with E-state index in [0.29, 0.717) is 30.1 Å². The maximum atomic E-state index is 11.9. The van der Waals surface area contributed by atoms with Crippen molar-refractivity contribution in [1.82, 2.24) is 9.97 Å². The van der Waals surface area contributed by atoms with Gasteiger partial charge in [-0.05, 0) is 26.2 Å². The second-order valence-corrected chi connectivity index (χ2v) is 4.53. The van der Waals surface area contributed by atoms with Gasteiger partial charge in [-0.25, -0.2) is 14.8 Å². The van der Waals surface area contributed by atoms with E-state index in [1.807, 2.05) is 20.8 Å². The number of methoxy groups -OCH3 is 1. The topological polar surface area (TPSA) is 61.3 Å². The number of ether oxygens (including phenoxy) is 2. The SMILES string of the molecule is CCOC(=O)c1cnc(C(CC)(CC)OC)nc1CC. The molecule has 5 heteroatoms. The lowest BCUT2D eigenvalue weighted by molar-refractivity contribution is -0.0293. The van der Waals surface area contributed by atoms with Crippen molar-refractivity contribution in [2.24, 2.45) is 0 Å². The predicted molar refractivity (Wildman–Crippen MR) is 76.6 cm³/mol. The van der Waals surface area contributed by atoms with E-state index in [1.165, 1.54) is 0 Å². The van der Waals surface area contributed by atoms with Crippen LogP contribution in [0.2, 0.25) is 0 Å². The third-order valence-electron chi connectivity index (χ3n) is 3.64. The second-order valence-electron chi connectivity index (χ2n) is 4.53. The predicted octanol–water partition coefficient (Wildman–Crippen LogP) is 2.88. The quantitative estimate of drug-likeness (QED) is 0.719. The number of nitrogens with zero attached hydrogens (tertiary/aromatic N) is 2. The van der Waals surface area contributed by atoms with E-state index < -0.39 is 5.60 Å². The minimum Gasteiger partial charge on any atom is -0.462 e. The van der Waals surface area contributed by atoms with Crippen molar-refractivity contribution in [1.29, 1.82) is 0 Å². The highest BCUT2D eigenvalue weighted by Crippen LogP contribution is 2.30. The fourth-order valence-corrected chi connectivity index (χ4v) is 2.23. The summed E-state index contributed by atoms with van der Waals surface area (Å²) in [4.78, 5) is 20.7. The number of carbonyl (C=O) groups is 1. The van der Waals surface area contributed by atoms with Crippen LogP contribution in [0.3, 0.4) is 0 Å². The Hall–Kier alpha value is -1.49. The van der Waals surface area contributed by atoms with E-state index in [9.17, 15) is 4.79 Å². The van der Waals surface area contributed by atoms with Gasteiger partial charge in [-0.15, -0.1) is 0 Å². The van der Waals surface area contributed by atoms with Crippen LogP contribution < -0.4 is 0 Å². The summed E-state index contributed by atoms with van der Waals surface area (Å²) >= 11 is 0. The molecule has 5 nitrogen and oxygen atoms in total. The molecule has 0 radical (unpaired) electrons. The fraction of sp³-hybridized carbons (Fsp3) is 0.667. The second kappa shape index (κ2) is 7.33. The maximum Gasteiger partial charge on any atom is 0.341 e. The van der Waals surface area contributed by atoms with Crippen LogP contribution in [0.4, 0.5) is 0 Å². The summed E-state index contributed by atoms with van der Waals surface area (Å²) in [5.74, 6) is 0.266. The molecule has 1 rings (SSSR count). The van der Waals surface area contributed by atoms with Crippen molar-refractivity contribution in [3.8, 4) is 0 Å². The summed E-state index contributed by atoms with van der Waals surface area (Å²) in [5.41, 5.74) is 0.656. The Labute approximate surface area is 120 Å². The molecule has 1 heterocycles. The molecule has 20 heavy (non-hydrogen) atoms. The summed E-state index contributed by atoms with van der Waals surface area (Å²) in [6, 6.07) is 0. The molecular formula is C15H24N2O3. The molecule has 0 aromatic carbocycles. The Morgan fingerprint density at radius 3 is 2.35 bits per heavy atom. The van der Waals surface area contributed by atoms with Crippen molar-refractivity contribution in [3.05, 3.63) is 23.3 Å². The fourth-order valence-electron chi connectivity index (χ4n) is 2.23. The average molecular weight is 280 g/mol. The number of hydrogen-bond donors (Lipinski definition) is 0. The van der Waals surface area contributed by atoms with Gasteiger partial charge in [-0.1, -0.05) is 20.8 Å². The Morgan fingerprint density at radius 1 is 1.25 bits per heavy atom.